The second kappa shape index (κ2) is 8.24. The van der Waals surface area contributed by atoms with E-state index in [1.54, 1.807) is 61.8 Å². The highest BCUT2D eigenvalue weighted by Crippen LogP contribution is 2.42. The normalized spacial score (nSPS) is 17.5. The summed E-state index contributed by atoms with van der Waals surface area (Å²) >= 11 is 0. The van der Waals surface area contributed by atoms with Gasteiger partial charge in [-0.05, 0) is 47.2 Å². The molecule has 0 saturated carbocycles. The number of methoxy groups -OCH3 is 1. The van der Waals surface area contributed by atoms with Gasteiger partial charge in [-0.3, -0.25) is 19.5 Å². The van der Waals surface area contributed by atoms with Crippen molar-refractivity contribution in [3.63, 3.8) is 0 Å². The molecule has 4 aromatic rings. The molecule has 2 heterocycles. The van der Waals surface area contributed by atoms with Crippen LogP contribution in [-0.2, 0) is 9.59 Å². The molecule has 33 heavy (non-hydrogen) atoms. The number of ether oxygens (including phenoxy) is 1. The lowest BCUT2D eigenvalue weighted by Gasteiger charge is -2.24. The summed E-state index contributed by atoms with van der Waals surface area (Å²) in [5, 5.41) is 13.1. The number of amides is 1. The molecule has 1 N–H and O–H groups in total. The van der Waals surface area contributed by atoms with E-state index >= 15 is 0 Å². The maximum atomic E-state index is 13.3. The van der Waals surface area contributed by atoms with Crippen molar-refractivity contribution in [2.75, 3.05) is 12.0 Å². The van der Waals surface area contributed by atoms with E-state index in [0.717, 1.165) is 10.8 Å². The predicted molar refractivity (Wildman–Crippen MR) is 126 cm³/mol. The Morgan fingerprint density at radius 2 is 1.64 bits per heavy atom. The van der Waals surface area contributed by atoms with Gasteiger partial charge in [0.2, 0.25) is 0 Å². The minimum Gasteiger partial charge on any atom is -0.507 e. The Morgan fingerprint density at radius 1 is 0.909 bits per heavy atom. The lowest BCUT2D eigenvalue weighted by molar-refractivity contribution is -0.132. The molecule has 6 nitrogen and oxygen atoms in total. The van der Waals surface area contributed by atoms with Crippen LogP contribution in [0, 0.1) is 0 Å². The molecule has 0 aliphatic carbocycles. The van der Waals surface area contributed by atoms with Crippen LogP contribution in [0.15, 0.2) is 96.7 Å². The van der Waals surface area contributed by atoms with E-state index in [4.69, 9.17) is 4.74 Å². The van der Waals surface area contributed by atoms with E-state index < -0.39 is 17.7 Å². The van der Waals surface area contributed by atoms with Gasteiger partial charge >= 0.3 is 0 Å². The van der Waals surface area contributed by atoms with Crippen LogP contribution in [0.4, 0.5) is 5.69 Å². The fraction of sp³-hybridized carbons (Fsp3) is 0.0741. The van der Waals surface area contributed by atoms with Crippen molar-refractivity contribution in [3.8, 4) is 5.75 Å². The average Bonchev–Trinajstić information content (AvgIpc) is 3.14. The first kappa shape index (κ1) is 20.5. The number of pyridine rings is 1. The summed E-state index contributed by atoms with van der Waals surface area (Å²) in [6, 6.07) is 24.3. The molecule has 5 rings (SSSR count). The van der Waals surface area contributed by atoms with Gasteiger partial charge in [-0.2, -0.15) is 0 Å². The molecular formula is C27H20N2O4. The molecule has 162 valence electrons. The highest BCUT2D eigenvalue weighted by atomic mass is 16.5. The molecule has 1 saturated heterocycles. The predicted octanol–water partition coefficient (Wildman–Crippen LogP) is 4.87. The number of carbonyl (C=O) groups is 2. The van der Waals surface area contributed by atoms with Gasteiger partial charge < -0.3 is 9.84 Å². The summed E-state index contributed by atoms with van der Waals surface area (Å²) < 4.78 is 5.22. The van der Waals surface area contributed by atoms with Crippen molar-refractivity contribution < 1.29 is 19.4 Å². The molecule has 1 aliphatic heterocycles. The Kier molecular flexibility index (Phi) is 5.11. The summed E-state index contributed by atoms with van der Waals surface area (Å²) in [4.78, 5) is 32.3. The zero-order valence-corrected chi connectivity index (χ0v) is 17.8. The number of aliphatic hydroxyl groups excluding tert-OH is 1. The topological polar surface area (TPSA) is 79.7 Å². The largest absolute Gasteiger partial charge is 0.507 e. The highest BCUT2D eigenvalue weighted by Gasteiger charge is 2.47. The Labute approximate surface area is 190 Å². The van der Waals surface area contributed by atoms with Crippen LogP contribution in [0.5, 0.6) is 5.75 Å². The van der Waals surface area contributed by atoms with Crippen LogP contribution in [0.1, 0.15) is 17.3 Å². The van der Waals surface area contributed by atoms with Gasteiger partial charge in [0.05, 0.1) is 18.4 Å². The van der Waals surface area contributed by atoms with E-state index in [1.807, 2.05) is 36.4 Å². The molecule has 1 atom stereocenters. The number of rotatable bonds is 4. The van der Waals surface area contributed by atoms with Gasteiger partial charge in [-0.25, -0.2) is 0 Å². The first-order valence-corrected chi connectivity index (χ1v) is 10.4. The SMILES string of the molecule is COc1ccc(N2C(=O)C(=O)/C(=C(\O)c3cccc4ccccc34)C2c2ccccn2)cc1. The van der Waals surface area contributed by atoms with Crippen molar-refractivity contribution in [1.29, 1.82) is 0 Å². The van der Waals surface area contributed by atoms with Crippen LogP contribution in [0.2, 0.25) is 0 Å². The van der Waals surface area contributed by atoms with Crippen molar-refractivity contribution in [2.24, 2.45) is 0 Å². The van der Waals surface area contributed by atoms with Crippen molar-refractivity contribution in [2.45, 2.75) is 6.04 Å². The summed E-state index contributed by atoms with van der Waals surface area (Å²) in [5.41, 5.74) is 1.48. The van der Waals surface area contributed by atoms with Gasteiger partial charge in [-0.15, -0.1) is 0 Å². The lowest BCUT2D eigenvalue weighted by Crippen LogP contribution is -2.29. The van der Waals surface area contributed by atoms with Crippen LogP contribution < -0.4 is 9.64 Å². The van der Waals surface area contributed by atoms with Gasteiger partial charge in [0.25, 0.3) is 11.7 Å². The molecular weight excluding hydrogens is 416 g/mol. The van der Waals surface area contributed by atoms with Crippen LogP contribution in [0.3, 0.4) is 0 Å². The Morgan fingerprint density at radius 3 is 2.36 bits per heavy atom. The standard InChI is InChI=1S/C27H20N2O4/c1-33-19-14-12-18(13-15-19)29-24(22-11-4-5-16-28-22)23(26(31)27(29)32)25(30)21-10-6-8-17-7-2-3-9-20(17)21/h2-16,24,30H,1H3/b25-23-. The maximum Gasteiger partial charge on any atom is 0.300 e. The third kappa shape index (κ3) is 3.42. The molecule has 1 amide bonds. The zero-order valence-electron chi connectivity index (χ0n) is 17.8. The summed E-state index contributed by atoms with van der Waals surface area (Å²) in [6.07, 6.45) is 1.60. The molecule has 0 radical (unpaired) electrons. The number of hydrogen-bond donors (Lipinski definition) is 1. The zero-order chi connectivity index (χ0) is 22.9. The quantitative estimate of drug-likeness (QED) is 0.281. The lowest BCUT2D eigenvalue weighted by atomic mass is 9.95. The minimum atomic E-state index is -0.876. The summed E-state index contributed by atoms with van der Waals surface area (Å²) in [7, 11) is 1.55. The van der Waals surface area contributed by atoms with E-state index in [2.05, 4.69) is 4.98 Å². The molecule has 3 aromatic carbocycles. The Hall–Kier alpha value is -4.45. The van der Waals surface area contributed by atoms with Gasteiger partial charge in [0.15, 0.2) is 0 Å². The molecule has 0 bridgehead atoms. The number of fused-ring (bicyclic) bond motifs is 1. The second-order valence-electron chi connectivity index (χ2n) is 7.65. The third-order valence-electron chi connectivity index (χ3n) is 5.81. The number of anilines is 1. The first-order valence-electron chi connectivity index (χ1n) is 10.4. The van der Waals surface area contributed by atoms with Gasteiger partial charge in [0, 0.05) is 17.4 Å². The number of carbonyl (C=O) groups excluding carboxylic acids is 2. The van der Waals surface area contributed by atoms with Crippen molar-refractivity contribution >= 4 is 33.9 Å². The number of aromatic nitrogens is 1. The highest BCUT2D eigenvalue weighted by molar-refractivity contribution is 6.51. The van der Waals surface area contributed by atoms with E-state index in [1.165, 1.54) is 4.90 Å². The molecule has 0 spiro atoms. The number of aliphatic hydroxyl groups is 1. The average molecular weight is 436 g/mol. The van der Waals surface area contributed by atoms with E-state index in [9.17, 15) is 14.7 Å². The van der Waals surface area contributed by atoms with Crippen molar-refractivity contribution in [3.05, 3.63) is 108 Å². The second-order valence-corrected chi connectivity index (χ2v) is 7.65. The number of ketones is 1. The molecule has 1 aliphatic rings. The van der Waals surface area contributed by atoms with Gasteiger partial charge in [-0.1, -0.05) is 48.5 Å². The molecule has 1 aromatic heterocycles. The summed E-state index contributed by atoms with van der Waals surface area (Å²) in [6.45, 7) is 0. The fourth-order valence-electron chi connectivity index (χ4n) is 4.24. The van der Waals surface area contributed by atoms with Crippen LogP contribution in [-0.4, -0.2) is 28.9 Å². The monoisotopic (exact) mass is 436 g/mol. The maximum absolute atomic E-state index is 13.3. The number of hydrogen-bond acceptors (Lipinski definition) is 5. The van der Waals surface area contributed by atoms with Crippen LogP contribution in [0.25, 0.3) is 16.5 Å². The number of nitrogens with zero attached hydrogens (tertiary/aromatic N) is 2. The minimum absolute atomic E-state index is 0.00544. The summed E-state index contributed by atoms with van der Waals surface area (Å²) in [5.74, 6) is -1.08. The molecule has 1 fully saturated rings. The van der Waals surface area contributed by atoms with Crippen molar-refractivity contribution in [1.82, 2.24) is 4.98 Å². The van der Waals surface area contributed by atoms with Crippen LogP contribution >= 0.6 is 0 Å². The smallest absolute Gasteiger partial charge is 0.300 e. The third-order valence-corrected chi connectivity index (χ3v) is 5.81. The molecule has 6 heteroatoms. The number of benzene rings is 3. The van der Waals surface area contributed by atoms with Gasteiger partial charge in [0.1, 0.15) is 17.6 Å². The van der Waals surface area contributed by atoms with E-state index in [-0.39, 0.29) is 11.3 Å². The van der Waals surface area contributed by atoms with E-state index in [0.29, 0.717) is 22.7 Å². The number of Topliss-reactive ketones (excluding diaryl/α,β-unsaturated/α-hetero) is 1. The Bertz CT molecular complexity index is 1390. The first-order chi connectivity index (χ1) is 16.1. The molecule has 1 unspecified atom stereocenters. The fourth-order valence-corrected chi connectivity index (χ4v) is 4.24. The Balaban J connectivity index is 1.74.